The number of carbonyl (C=O) groups is 1. The third-order valence-electron chi connectivity index (χ3n) is 3.71. The van der Waals surface area contributed by atoms with Crippen molar-refractivity contribution in [3.05, 3.63) is 36.0 Å². The summed E-state index contributed by atoms with van der Waals surface area (Å²) in [5.41, 5.74) is 0.810. The van der Waals surface area contributed by atoms with Crippen LogP contribution in [0.5, 0.6) is 0 Å². The highest BCUT2D eigenvalue weighted by atomic mass is 16.3. The van der Waals surface area contributed by atoms with Crippen molar-refractivity contribution in [3.63, 3.8) is 0 Å². The summed E-state index contributed by atoms with van der Waals surface area (Å²) in [6.45, 7) is 4.12. The van der Waals surface area contributed by atoms with Crippen molar-refractivity contribution < 1.29 is 9.90 Å². The average molecular weight is 260 g/mol. The van der Waals surface area contributed by atoms with E-state index in [0.29, 0.717) is 18.4 Å². The number of aromatic nitrogens is 1. The van der Waals surface area contributed by atoms with Crippen LogP contribution in [0.15, 0.2) is 30.5 Å². The number of rotatable bonds is 5. The molecule has 2 rings (SSSR count). The highest BCUT2D eigenvalue weighted by molar-refractivity contribution is 5.98. The maximum atomic E-state index is 12.1. The Morgan fingerprint density at radius 1 is 1.32 bits per heavy atom. The molecule has 1 amide bonds. The van der Waals surface area contributed by atoms with E-state index in [1.807, 2.05) is 38.2 Å². The number of nitrogens with one attached hydrogen (secondary N) is 2. The summed E-state index contributed by atoms with van der Waals surface area (Å²) >= 11 is 0. The molecule has 4 heteroatoms. The molecule has 1 heterocycles. The Hall–Kier alpha value is -1.81. The molecular weight excluding hydrogens is 240 g/mol. The third-order valence-corrected chi connectivity index (χ3v) is 3.71. The molecule has 0 spiro atoms. The largest absolute Gasteiger partial charge is 0.388 e. The minimum Gasteiger partial charge on any atom is -0.388 e. The van der Waals surface area contributed by atoms with Gasteiger partial charge in [0.25, 0.3) is 5.91 Å². The average Bonchev–Trinajstić information content (AvgIpc) is 2.91. The SMILES string of the molecule is CCC(O)(CC)CNC(=O)c1ccc2[nH]ccc2c1. The zero-order chi connectivity index (χ0) is 13.9. The Morgan fingerprint density at radius 3 is 2.74 bits per heavy atom. The van der Waals surface area contributed by atoms with Gasteiger partial charge in [-0.3, -0.25) is 4.79 Å². The van der Waals surface area contributed by atoms with Crippen molar-refractivity contribution in [3.8, 4) is 0 Å². The standard InChI is InChI=1S/C15H20N2O2/c1-3-15(19,4-2)10-17-14(18)12-5-6-13-11(9-12)7-8-16-13/h5-9,16,19H,3-4,10H2,1-2H3,(H,17,18). The molecule has 3 N–H and O–H groups in total. The molecule has 0 saturated heterocycles. The Labute approximate surface area is 112 Å². The number of hydrogen-bond donors (Lipinski definition) is 3. The minimum atomic E-state index is -0.812. The molecule has 102 valence electrons. The summed E-state index contributed by atoms with van der Waals surface area (Å²) in [4.78, 5) is 15.1. The second-order valence-electron chi connectivity index (χ2n) is 4.89. The fraction of sp³-hybridized carbons (Fsp3) is 0.400. The zero-order valence-electron chi connectivity index (χ0n) is 11.4. The normalized spacial score (nSPS) is 11.7. The van der Waals surface area contributed by atoms with Gasteiger partial charge in [0, 0.05) is 29.2 Å². The second kappa shape index (κ2) is 5.45. The topological polar surface area (TPSA) is 65.1 Å². The lowest BCUT2D eigenvalue weighted by atomic mass is 9.97. The molecule has 0 bridgehead atoms. The summed E-state index contributed by atoms with van der Waals surface area (Å²) in [5.74, 6) is -0.150. The van der Waals surface area contributed by atoms with Gasteiger partial charge in [-0.25, -0.2) is 0 Å². The lowest BCUT2D eigenvalue weighted by Gasteiger charge is -2.25. The van der Waals surface area contributed by atoms with Crippen LogP contribution in [0.2, 0.25) is 0 Å². The minimum absolute atomic E-state index is 0.150. The maximum absolute atomic E-state index is 12.1. The van der Waals surface area contributed by atoms with E-state index in [9.17, 15) is 9.90 Å². The number of amides is 1. The molecule has 0 saturated carbocycles. The van der Waals surface area contributed by atoms with Crippen LogP contribution in [0.25, 0.3) is 10.9 Å². The number of aromatic amines is 1. The van der Waals surface area contributed by atoms with Gasteiger partial charge >= 0.3 is 0 Å². The Bertz CT molecular complexity index is 570. The number of aliphatic hydroxyl groups is 1. The van der Waals surface area contributed by atoms with E-state index >= 15 is 0 Å². The van der Waals surface area contributed by atoms with Crippen LogP contribution in [0, 0.1) is 0 Å². The number of benzene rings is 1. The lowest BCUT2D eigenvalue weighted by Crippen LogP contribution is -2.42. The van der Waals surface area contributed by atoms with E-state index < -0.39 is 5.60 Å². The Kier molecular flexibility index (Phi) is 3.90. The van der Waals surface area contributed by atoms with Crippen LogP contribution in [0.4, 0.5) is 0 Å². The van der Waals surface area contributed by atoms with Crippen LogP contribution in [0.1, 0.15) is 37.0 Å². The molecule has 0 aliphatic carbocycles. The molecule has 0 aliphatic heterocycles. The molecule has 0 unspecified atom stereocenters. The monoisotopic (exact) mass is 260 g/mol. The highest BCUT2D eigenvalue weighted by Crippen LogP contribution is 2.16. The van der Waals surface area contributed by atoms with Crippen LogP contribution >= 0.6 is 0 Å². The summed E-state index contributed by atoms with van der Waals surface area (Å²) in [6.07, 6.45) is 3.10. The molecule has 1 aromatic heterocycles. The van der Waals surface area contributed by atoms with Gasteiger partial charge in [-0.05, 0) is 37.1 Å². The van der Waals surface area contributed by atoms with Crippen LogP contribution < -0.4 is 5.32 Å². The lowest BCUT2D eigenvalue weighted by molar-refractivity contribution is 0.0314. The van der Waals surface area contributed by atoms with Crippen molar-refractivity contribution in [2.75, 3.05) is 6.54 Å². The Balaban J connectivity index is 2.07. The van der Waals surface area contributed by atoms with Gasteiger partial charge in [0.1, 0.15) is 0 Å². The van der Waals surface area contributed by atoms with E-state index in [1.165, 1.54) is 0 Å². The summed E-state index contributed by atoms with van der Waals surface area (Å²) in [6, 6.07) is 7.44. The summed E-state index contributed by atoms with van der Waals surface area (Å²) in [7, 11) is 0. The van der Waals surface area contributed by atoms with E-state index in [0.717, 1.165) is 10.9 Å². The predicted octanol–water partition coefficient (Wildman–Crippen LogP) is 2.45. The predicted molar refractivity (Wildman–Crippen MR) is 76.2 cm³/mol. The molecule has 19 heavy (non-hydrogen) atoms. The second-order valence-corrected chi connectivity index (χ2v) is 4.89. The Morgan fingerprint density at radius 2 is 2.05 bits per heavy atom. The number of H-pyrrole nitrogens is 1. The van der Waals surface area contributed by atoms with Gasteiger partial charge in [-0.2, -0.15) is 0 Å². The van der Waals surface area contributed by atoms with E-state index in [1.54, 1.807) is 6.07 Å². The molecule has 2 aromatic rings. The van der Waals surface area contributed by atoms with Crippen molar-refractivity contribution in [2.24, 2.45) is 0 Å². The van der Waals surface area contributed by atoms with Crippen LogP contribution in [-0.2, 0) is 0 Å². The van der Waals surface area contributed by atoms with E-state index in [4.69, 9.17) is 0 Å². The molecule has 0 atom stereocenters. The van der Waals surface area contributed by atoms with E-state index in [2.05, 4.69) is 10.3 Å². The van der Waals surface area contributed by atoms with Gasteiger partial charge < -0.3 is 15.4 Å². The maximum Gasteiger partial charge on any atom is 0.251 e. The molecular formula is C15H20N2O2. The molecule has 0 fully saturated rings. The quantitative estimate of drug-likeness (QED) is 0.773. The smallest absolute Gasteiger partial charge is 0.251 e. The number of carbonyl (C=O) groups excluding carboxylic acids is 1. The van der Waals surface area contributed by atoms with Gasteiger partial charge in [-0.1, -0.05) is 13.8 Å². The summed E-state index contributed by atoms with van der Waals surface area (Å²) < 4.78 is 0. The van der Waals surface area contributed by atoms with Gasteiger partial charge in [0.15, 0.2) is 0 Å². The third kappa shape index (κ3) is 2.96. The first kappa shape index (κ1) is 13.6. The van der Waals surface area contributed by atoms with Crippen LogP contribution in [-0.4, -0.2) is 28.1 Å². The first-order chi connectivity index (χ1) is 9.08. The van der Waals surface area contributed by atoms with Crippen LogP contribution in [0.3, 0.4) is 0 Å². The fourth-order valence-electron chi connectivity index (χ4n) is 2.04. The molecule has 1 aromatic carbocycles. The van der Waals surface area contributed by atoms with Crippen molar-refractivity contribution in [2.45, 2.75) is 32.3 Å². The molecule has 0 aliphatic rings. The van der Waals surface area contributed by atoms with Gasteiger partial charge in [0.2, 0.25) is 0 Å². The zero-order valence-corrected chi connectivity index (χ0v) is 11.4. The molecule has 0 radical (unpaired) electrons. The molecule has 4 nitrogen and oxygen atoms in total. The van der Waals surface area contributed by atoms with Gasteiger partial charge in [0.05, 0.1) is 5.60 Å². The first-order valence-corrected chi connectivity index (χ1v) is 6.65. The fourth-order valence-corrected chi connectivity index (χ4v) is 2.04. The first-order valence-electron chi connectivity index (χ1n) is 6.65. The summed E-state index contributed by atoms with van der Waals surface area (Å²) in [5, 5.41) is 14.0. The number of fused-ring (bicyclic) bond motifs is 1. The van der Waals surface area contributed by atoms with Crippen molar-refractivity contribution >= 4 is 16.8 Å². The van der Waals surface area contributed by atoms with E-state index in [-0.39, 0.29) is 12.5 Å². The number of hydrogen-bond acceptors (Lipinski definition) is 2. The van der Waals surface area contributed by atoms with Crippen molar-refractivity contribution in [1.82, 2.24) is 10.3 Å². The highest BCUT2D eigenvalue weighted by Gasteiger charge is 2.22. The van der Waals surface area contributed by atoms with Gasteiger partial charge in [-0.15, -0.1) is 0 Å². The van der Waals surface area contributed by atoms with Crippen molar-refractivity contribution in [1.29, 1.82) is 0 Å².